The first kappa shape index (κ1) is 17.5. The molecule has 0 aliphatic heterocycles. The molecule has 3 rings (SSSR count). The summed E-state index contributed by atoms with van der Waals surface area (Å²) in [5, 5.41) is 19.2. The first-order chi connectivity index (χ1) is 12.5. The van der Waals surface area contributed by atoms with Crippen molar-refractivity contribution in [1.82, 2.24) is 0 Å². The van der Waals surface area contributed by atoms with Crippen molar-refractivity contribution in [3.05, 3.63) is 77.4 Å². The lowest BCUT2D eigenvalue weighted by molar-refractivity contribution is -0.138. The molecule has 5 heteroatoms. The molecule has 26 heavy (non-hydrogen) atoms. The molecule has 1 atom stereocenters. The van der Waals surface area contributed by atoms with Gasteiger partial charge < -0.3 is 15.6 Å². The number of aliphatic carboxylic acids is 1. The number of carboxylic acid groups (broad SMARTS) is 1. The maximum atomic E-state index is 11.8. The molecule has 132 valence electrons. The summed E-state index contributed by atoms with van der Waals surface area (Å²) in [5.41, 5.74) is 7.86. The minimum atomic E-state index is -0.868. The van der Waals surface area contributed by atoms with Gasteiger partial charge in [-0.2, -0.15) is 0 Å². The number of carboxylic acids is 1. The van der Waals surface area contributed by atoms with E-state index in [-0.39, 0.29) is 5.84 Å². The van der Waals surface area contributed by atoms with Crippen molar-refractivity contribution in [1.29, 1.82) is 5.41 Å². The molecule has 0 amide bonds. The van der Waals surface area contributed by atoms with Crippen molar-refractivity contribution in [2.75, 3.05) is 7.11 Å². The second-order valence-corrected chi connectivity index (χ2v) is 6.18. The molecule has 0 spiro atoms. The van der Waals surface area contributed by atoms with Crippen LogP contribution in [0.5, 0.6) is 5.75 Å². The number of hydrogen-bond donors (Lipinski definition) is 3. The monoisotopic (exact) mass is 348 g/mol. The van der Waals surface area contributed by atoms with E-state index < -0.39 is 11.9 Å². The van der Waals surface area contributed by atoms with E-state index >= 15 is 0 Å². The number of amidine groups is 1. The Morgan fingerprint density at radius 3 is 2.38 bits per heavy atom. The van der Waals surface area contributed by atoms with E-state index in [4.69, 9.17) is 15.9 Å². The number of nitrogens with one attached hydrogen (secondary N) is 1. The van der Waals surface area contributed by atoms with Gasteiger partial charge in [-0.3, -0.25) is 10.2 Å². The standard InChI is InChI=1S/C21H20N2O3/c1-26-18-8-6-15(7-9-18)19(21(24)25)11-13-2-3-14-4-5-16(20(22)23)12-17(14)10-13/h2-10,12,19H,11H2,1H3,(H3,22,23)(H,24,25). The van der Waals surface area contributed by atoms with Gasteiger partial charge in [-0.1, -0.05) is 42.5 Å². The number of hydrogen-bond acceptors (Lipinski definition) is 3. The minimum absolute atomic E-state index is 0.0129. The Kier molecular flexibility index (Phi) is 4.89. The molecule has 0 radical (unpaired) electrons. The number of methoxy groups -OCH3 is 1. The fourth-order valence-electron chi connectivity index (χ4n) is 3.01. The van der Waals surface area contributed by atoms with Gasteiger partial charge in [0, 0.05) is 5.56 Å². The first-order valence-corrected chi connectivity index (χ1v) is 8.22. The molecule has 3 aromatic rings. The van der Waals surface area contributed by atoms with Crippen molar-refractivity contribution in [3.63, 3.8) is 0 Å². The van der Waals surface area contributed by atoms with Crippen molar-refractivity contribution >= 4 is 22.6 Å². The summed E-state index contributed by atoms with van der Waals surface area (Å²) >= 11 is 0. The molecule has 4 N–H and O–H groups in total. The highest BCUT2D eigenvalue weighted by Crippen LogP contribution is 2.26. The van der Waals surface area contributed by atoms with Crippen LogP contribution >= 0.6 is 0 Å². The zero-order chi connectivity index (χ0) is 18.7. The summed E-state index contributed by atoms with van der Waals surface area (Å²) in [6.07, 6.45) is 0.377. The highest BCUT2D eigenvalue weighted by Gasteiger charge is 2.20. The van der Waals surface area contributed by atoms with Crippen LogP contribution in [0.25, 0.3) is 10.8 Å². The van der Waals surface area contributed by atoms with E-state index in [0.717, 1.165) is 21.9 Å². The highest BCUT2D eigenvalue weighted by molar-refractivity contribution is 5.99. The topological polar surface area (TPSA) is 96.4 Å². The van der Waals surface area contributed by atoms with Gasteiger partial charge in [0.25, 0.3) is 0 Å². The van der Waals surface area contributed by atoms with Gasteiger partial charge in [0.05, 0.1) is 13.0 Å². The number of fused-ring (bicyclic) bond motifs is 1. The van der Waals surface area contributed by atoms with Crippen LogP contribution in [0.3, 0.4) is 0 Å². The Labute approximate surface area is 151 Å². The third-order valence-electron chi connectivity index (χ3n) is 4.47. The number of nitrogen functional groups attached to an aromatic ring is 1. The average Bonchev–Trinajstić information content (AvgIpc) is 2.65. The Balaban J connectivity index is 1.93. The largest absolute Gasteiger partial charge is 0.497 e. The number of rotatable bonds is 6. The molecule has 5 nitrogen and oxygen atoms in total. The van der Waals surface area contributed by atoms with Gasteiger partial charge in [-0.25, -0.2) is 0 Å². The van der Waals surface area contributed by atoms with Crippen LogP contribution < -0.4 is 10.5 Å². The Hall–Kier alpha value is -3.34. The Bertz CT molecular complexity index is 965. The normalized spacial score (nSPS) is 11.9. The third kappa shape index (κ3) is 3.67. The van der Waals surface area contributed by atoms with E-state index in [1.165, 1.54) is 0 Å². The predicted octanol–water partition coefficient (Wildman–Crippen LogP) is 3.54. The summed E-state index contributed by atoms with van der Waals surface area (Å²) in [7, 11) is 1.58. The summed E-state index contributed by atoms with van der Waals surface area (Å²) < 4.78 is 5.13. The second-order valence-electron chi connectivity index (χ2n) is 6.18. The molecule has 0 saturated carbocycles. The lowest BCUT2D eigenvalue weighted by Gasteiger charge is -2.14. The minimum Gasteiger partial charge on any atom is -0.497 e. The molecular formula is C21H20N2O3. The van der Waals surface area contributed by atoms with E-state index in [9.17, 15) is 9.90 Å². The number of nitrogens with two attached hydrogens (primary N) is 1. The SMILES string of the molecule is COc1ccc(C(Cc2ccc3ccc(C(=N)N)cc3c2)C(=O)O)cc1. The van der Waals surface area contributed by atoms with E-state index in [2.05, 4.69) is 0 Å². The number of benzene rings is 3. The van der Waals surface area contributed by atoms with Crippen LogP contribution in [-0.2, 0) is 11.2 Å². The number of ether oxygens (including phenoxy) is 1. The van der Waals surface area contributed by atoms with Crippen LogP contribution in [0, 0.1) is 5.41 Å². The summed E-state index contributed by atoms with van der Waals surface area (Å²) in [5.74, 6) is -0.804. The van der Waals surface area contributed by atoms with Crippen molar-refractivity contribution in [3.8, 4) is 5.75 Å². The quantitative estimate of drug-likeness (QED) is 0.469. The second kappa shape index (κ2) is 7.27. The molecular weight excluding hydrogens is 328 g/mol. The van der Waals surface area contributed by atoms with Crippen LogP contribution in [0.15, 0.2) is 60.7 Å². The summed E-state index contributed by atoms with van der Waals surface area (Å²) in [6, 6.07) is 18.5. The summed E-state index contributed by atoms with van der Waals surface area (Å²) in [6.45, 7) is 0. The van der Waals surface area contributed by atoms with Gasteiger partial charge in [0.15, 0.2) is 0 Å². The predicted molar refractivity (Wildman–Crippen MR) is 102 cm³/mol. The lowest BCUT2D eigenvalue weighted by Crippen LogP contribution is -2.14. The highest BCUT2D eigenvalue weighted by atomic mass is 16.5. The van der Waals surface area contributed by atoms with Crippen LogP contribution in [-0.4, -0.2) is 24.0 Å². The smallest absolute Gasteiger partial charge is 0.311 e. The molecule has 0 heterocycles. The van der Waals surface area contributed by atoms with Gasteiger partial charge in [0.1, 0.15) is 11.6 Å². The van der Waals surface area contributed by atoms with Crippen molar-refractivity contribution in [2.24, 2.45) is 5.73 Å². The van der Waals surface area contributed by atoms with Crippen molar-refractivity contribution < 1.29 is 14.6 Å². The Morgan fingerprint density at radius 1 is 1.08 bits per heavy atom. The molecule has 0 aliphatic carbocycles. The molecule has 0 aliphatic rings. The third-order valence-corrected chi connectivity index (χ3v) is 4.47. The van der Waals surface area contributed by atoms with Gasteiger partial charge in [-0.05, 0) is 46.5 Å². The molecule has 0 saturated heterocycles. The van der Waals surface area contributed by atoms with E-state index in [1.807, 2.05) is 36.4 Å². The molecule has 3 aromatic carbocycles. The average molecular weight is 348 g/mol. The zero-order valence-corrected chi connectivity index (χ0v) is 14.4. The maximum Gasteiger partial charge on any atom is 0.311 e. The van der Waals surface area contributed by atoms with Gasteiger partial charge in [0.2, 0.25) is 0 Å². The lowest BCUT2D eigenvalue weighted by atomic mass is 9.91. The van der Waals surface area contributed by atoms with Crippen molar-refractivity contribution in [2.45, 2.75) is 12.3 Å². The fraction of sp³-hybridized carbons (Fsp3) is 0.143. The molecule has 1 unspecified atom stereocenters. The van der Waals surface area contributed by atoms with E-state index in [1.54, 1.807) is 31.4 Å². The van der Waals surface area contributed by atoms with Crippen LogP contribution in [0.2, 0.25) is 0 Å². The van der Waals surface area contributed by atoms with E-state index in [0.29, 0.717) is 17.7 Å². The van der Waals surface area contributed by atoms with Crippen LogP contribution in [0.1, 0.15) is 22.6 Å². The van der Waals surface area contributed by atoms with Crippen LogP contribution in [0.4, 0.5) is 0 Å². The molecule has 0 fully saturated rings. The maximum absolute atomic E-state index is 11.8. The zero-order valence-electron chi connectivity index (χ0n) is 14.4. The molecule has 0 bridgehead atoms. The fourth-order valence-corrected chi connectivity index (χ4v) is 3.01. The van der Waals surface area contributed by atoms with Gasteiger partial charge >= 0.3 is 5.97 Å². The summed E-state index contributed by atoms with van der Waals surface area (Å²) in [4.78, 5) is 11.8. The Morgan fingerprint density at radius 2 is 1.77 bits per heavy atom. The first-order valence-electron chi connectivity index (χ1n) is 8.22. The number of carbonyl (C=O) groups is 1. The van der Waals surface area contributed by atoms with Gasteiger partial charge in [-0.15, -0.1) is 0 Å². The molecule has 0 aromatic heterocycles.